The number of hydrogen-bond acceptors (Lipinski definition) is 6. The summed E-state index contributed by atoms with van der Waals surface area (Å²) in [4.78, 5) is 26.3. The van der Waals surface area contributed by atoms with Crippen molar-refractivity contribution in [1.29, 1.82) is 0 Å². The molecule has 4 aromatic carbocycles. The largest absolute Gasteiger partial charge is 0.493 e. The molecule has 0 radical (unpaired) electrons. The van der Waals surface area contributed by atoms with Crippen molar-refractivity contribution < 1.29 is 23.8 Å². The Morgan fingerprint density at radius 1 is 0.911 bits per heavy atom. The molecule has 234 valence electrons. The number of carbonyl (C=O) groups excluding carboxylic acids is 2. The first-order chi connectivity index (χ1) is 21.6. The third kappa shape index (κ3) is 9.86. The second-order valence-corrected chi connectivity index (χ2v) is 11.8. The molecule has 0 saturated carbocycles. The predicted molar refractivity (Wildman–Crippen MR) is 181 cm³/mol. The van der Waals surface area contributed by atoms with Gasteiger partial charge >= 0.3 is 0 Å². The zero-order valence-electron chi connectivity index (χ0n) is 24.2. The number of nitrogens with one attached hydrogen (secondary N) is 2. The normalized spacial score (nSPS) is 12.3. The summed E-state index contributed by atoms with van der Waals surface area (Å²) in [5.41, 5.74) is 4.81. The van der Waals surface area contributed by atoms with Crippen LogP contribution in [0.1, 0.15) is 23.6 Å². The Kier molecular flexibility index (Phi) is 12.5. The highest BCUT2D eigenvalue weighted by Crippen LogP contribution is 2.37. The lowest BCUT2D eigenvalue weighted by Crippen LogP contribution is -2.50. The molecule has 0 aliphatic rings. The molecular weight excluding hydrogens is 705 g/mol. The molecule has 0 unspecified atom stereocenters. The van der Waals surface area contributed by atoms with Crippen LogP contribution < -0.4 is 25.0 Å². The first kappa shape index (κ1) is 34.1. The van der Waals surface area contributed by atoms with Crippen LogP contribution in [-0.4, -0.2) is 37.3 Å². The van der Waals surface area contributed by atoms with Gasteiger partial charge in [-0.25, -0.2) is 5.43 Å². The topological polar surface area (TPSA) is 98.2 Å². The minimum absolute atomic E-state index is 0.221. The summed E-state index contributed by atoms with van der Waals surface area (Å²) in [7, 11) is 1.52. The molecule has 0 aliphatic heterocycles. The molecule has 45 heavy (non-hydrogen) atoms. The molecular formula is C33H29BrCl3N3O5. The van der Waals surface area contributed by atoms with Crippen LogP contribution in [0, 0.1) is 0 Å². The number of hydrazone groups is 1. The van der Waals surface area contributed by atoms with Gasteiger partial charge in [-0.2, -0.15) is 5.10 Å². The molecule has 12 heteroatoms. The molecule has 4 rings (SSSR count). The maximum absolute atomic E-state index is 13.3. The number of carbonyl (C=O) groups is 2. The van der Waals surface area contributed by atoms with Crippen molar-refractivity contribution in [1.82, 2.24) is 10.7 Å². The van der Waals surface area contributed by atoms with Crippen LogP contribution in [0.25, 0.3) is 0 Å². The van der Waals surface area contributed by atoms with E-state index in [9.17, 15) is 9.59 Å². The van der Waals surface area contributed by atoms with Gasteiger partial charge in [0.1, 0.15) is 18.4 Å². The standard InChI is InChI=1S/C33H29BrCl3N3O5/c1-20(45-29-13-12-24(35)17-27(29)37)32(41)39-28(15-21-8-4-3-5-9-21)33(42)40-38-18-22-14-25(34)31(30(16-22)43-2)44-19-23-10-6-7-11-26(23)36/h3-14,16-18,20,28H,15,19H2,1-2H3,(H,39,41)(H,40,42)/b38-18-/t20-,28+/m1/s1. The Balaban J connectivity index is 1.44. The molecule has 2 atom stereocenters. The second kappa shape index (κ2) is 16.5. The molecule has 2 N–H and O–H groups in total. The van der Waals surface area contributed by atoms with Gasteiger partial charge in [0.25, 0.3) is 11.8 Å². The van der Waals surface area contributed by atoms with Crippen LogP contribution in [-0.2, 0) is 22.6 Å². The highest BCUT2D eigenvalue weighted by molar-refractivity contribution is 9.10. The Hall–Kier alpha value is -3.76. The van der Waals surface area contributed by atoms with Crippen molar-refractivity contribution in [3.05, 3.63) is 121 Å². The number of benzene rings is 4. The Morgan fingerprint density at radius 3 is 2.36 bits per heavy atom. The van der Waals surface area contributed by atoms with E-state index in [1.165, 1.54) is 19.4 Å². The van der Waals surface area contributed by atoms with E-state index in [-0.39, 0.29) is 18.1 Å². The number of methoxy groups -OCH3 is 1. The Morgan fingerprint density at radius 2 is 1.64 bits per heavy atom. The summed E-state index contributed by atoms with van der Waals surface area (Å²) >= 11 is 21.9. The zero-order valence-corrected chi connectivity index (χ0v) is 28.1. The van der Waals surface area contributed by atoms with E-state index in [2.05, 4.69) is 31.8 Å². The summed E-state index contributed by atoms with van der Waals surface area (Å²) < 4.78 is 17.9. The van der Waals surface area contributed by atoms with E-state index >= 15 is 0 Å². The quantitative estimate of drug-likeness (QED) is 0.109. The van der Waals surface area contributed by atoms with Crippen LogP contribution >= 0.6 is 50.7 Å². The molecule has 0 bridgehead atoms. The van der Waals surface area contributed by atoms with Crippen LogP contribution in [0.3, 0.4) is 0 Å². The summed E-state index contributed by atoms with van der Waals surface area (Å²) in [6.45, 7) is 1.80. The molecule has 0 heterocycles. The molecule has 0 aliphatic carbocycles. The van der Waals surface area contributed by atoms with Crippen molar-refractivity contribution in [2.45, 2.75) is 32.1 Å². The van der Waals surface area contributed by atoms with Gasteiger partial charge in [-0.15, -0.1) is 0 Å². The van der Waals surface area contributed by atoms with Gasteiger partial charge in [0.15, 0.2) is 17.6 Å². The molecule has 2 amide bonds. The molecule has 0 spiro atoms. The second-order valence-electron chi connectivity index (χ2n) is 9.73. The number of rotatable bonds is 13. The van der Waals surface area contributed by atoms with Crippen molar-refractivity contribution >= 4 is 68.8 Å². The van der Waals surface area contributed by atoms with E-state index in [0.717, 1.165) is 11.1 Å². The first-order valence-corrected chi connectivity index (χ1v) is 15.6. The van der Waals surface area contributed by atoms with Gasteiger partial charge in [-0.3, -0.25) is 9.59 Å². The number of amides is 2. The van der Waals surface area contributed by atoms with E-state index in [4.69, 9.17) is 49.0 Å². The van der Waals surface area contributed by atoms with Crippen LogP contribution in [0.2, 0.25) is 15.1 Å². The highest BCUT2D eigenvalue weighted by Gasteiger charge is 2.25. The third-order valence-corrected chi connectivity index (χ3v) is 7.94. The van der Waals surface area contributed by atoms with Crippen molar-refractivity contribution in [2.24, 2.45) is 5.10 Å². The Labute approximate surface area is 284 Å². The van der Waals surface area contributed by atoms with Gasteiger partial charge in [-0.05, 0) is 70.4 Å². The van der Waals surface area contributed by atoms with Gasteiger partial charge < -0.3 is 19.5 Å². The van der Waals surface area contributed by atoms with Gasteiger partial charge in [0.05, 0.1) is 22.8 Å². The van der Waals surface area contributed by atoms with Gasteiger partial charge in [-0.1, -0.05) is 83.3 Å². The minimum Gasteiger partial charge on any atom is -0.493 e. The van der Waals surface area contributed by atoms with E-state index in [0.29, 0.717) is 37.3 Å². The molecule has 0 fully saturated rings. The monoisotopic (exact) mass is 731 g/mol. The molecule has 0 aromatic heterocycles. The average Bonchev–Trinajstić information content (AvgIpc) is 3.02. The van der Waals surface area contributed by atoms with E-state index < -0.39 is 24.0 Å². The summed E-state index contributed by atoms with van der Waals surface area (Å²) in [6.07, 6.45) is 0.722. The third-order valence-electron chi connectivity index (χ3n) is 6.45. The van der Waals surface area contributed by atoms with Gasteiger partial charge in [0, 0.05) is 22.0 Å². The van der Waals surface area contributed by atoms with Crippen LogP contribution in [0.4, 0.5) is 0 Å². The van der Waals surface area contributed by atoms with Crippen molar-refractivity contribution in [3.63, 3.8) is 0 Å². The number of nitrogens with zero attached hydrogens (tertiary/aromatic N) is 1. The summed E-state index contributed by atoms with van der Waals surface area (Å²) in [5, 5.41) is 8.18. The maximum Gasteiger partial charge on any atom is 0.262 e. The zero-order chi connectivity index (χ0) is 32.3. The van der Waals surface area contributed by atoms with Crippen LogP contribution in [0.5, 0.6) is 17.2 Å². The maximum atomic E-state index is 13.3. The van der Waals surface area contributed by atoms with E-state index in [1.807, 2.05) is 48.5 Å². The SMILES string of the molecule is COc1cc(/C=N\NC(=O)[C@H](Cc2ccccc2)NC(=O)[C@@H](C)Oc2ccc(Cl)cc2Cl)cc(Br)c1OCc1ccccc1Cl. The fraction of sp³-hybridized carbons (Fsp3) is 0.182. The Bertz CT molecular complexity index is 1670. The first-order valence-electron chi connectivity index (χ1n) is 13.7. The lowest BCUT2D eigenvalue weighted by atomic mass is 10.1. The van der Waals surface area contributed by atoms with Crippen molar-refractivity contribution in [2.75, 3.05) is 7.11 Å². The average molecular weight is 734 g/mol. The summed E-state index contributed by atoms with van der Waals surface area (Å²) in [5.74, 6) is 0.195. The smallest absolute Gasteiger partial charge is 0.262 e. The minimum atomic E-state index is -0.957. The fourth-order valence-electron chi connectivity index (χ4n) is 4.13. The predicted octanol–water partition coefficient (Wildman–Crippen LogP) is 7.64. The number of ether oxygens (including phenoxy) is 3. The van der Waals surface area contributed by atoms with Gasteiger partial charge in [0.2, 0.25) is 0 Å². The highest BCUT2D eigenvalue weighted by atomic mass is 79.9. The fourth-order valence-corrected chi connectivity index (χ4v) is 5.35. The van der Waals surface area contributed by atoms with E-state index in [1.54, 1.807) is 37.3 Å². The van der Waals surface area contributed by atoms with Crippen LogP contribution in [0.15, 0.2) is 94.5 Å². The van der Waals surface area contributed by atoms with Crippen molar-refractivity contribution in [3.8, 4) is 17.2 Å². The molecule has 4 aromatic rings. The summed E-state index contributed by atoms with van der Waals surface area (Å²) in [6, 6.07) is 23.9. The number of halogens is 4. The lowest BCUT2D eigenvalue weighted by molar-refractivity contribution is -0.132. The lowest BCUT2D eigenvalue weighted by Gasteiger charge is -2.21. The molecule has 8 nitrogen and oxygen atoms in total. The number of hydrogen-bond donors (Lipinski definition) is 2. The molecule has 0 saturated heterocycles.